The topological polar surface area (TPSA) is 137 Å². The van der Waals surface area contributed by atoms with Crippen molar-refractivity contribution in [1.29, 1.82) is 0 Å². The van der Waals surface area contributed by atoms with Crippen LogP contribution in [-0.4, -0.2) is 31.0 Å². The van der Waals surface area contributed by atoms with E-state index < -0.39 is 15.0 Å². The van der Waals surface area contributed by atoms with Gasteiger partial charge >= 0.3 is 10.1 Å². The average molecular weight is 777 g/mol. The molecule has 1 amide bonds. The Bertz CT molecular complexity index is 1590. The number of hydrogen-bond donors (Lipinski definition) is 1. The van der Waals surface area contributed by atoms with Crippen LogP contribution in [-0.2, 0) is 14.9 Å². The Labute approximate surface area is 249 Å². The quantitative estimate of drug-likeness (QED) is 0.0988. The van der Waals surface area contributed by atoms with Gasteiger partial charge in [-0.1, -0.05) is 6.07 Å². The van der Waals surface area contributed by atoms with Gasteiger partial charge in [-0.25, -0.2) is 4.99 Å². The summed E-state index contributed by atoms with van der Waals surface area (Å²) in [5, 5.41) is 14.1. The number of ether oxygens (including phenoxy) is 1. The Balaban J connectivity index is 1.62. The van der Waals surface area contributed by atoms with Gasteiger partial charge in [-0.2, -0.15) is 8.42 Å². The van der Waals surface area contributed by atoms with Gasteiger partial charge in [0, 0.05) is 15.7 Å². The average Bonchev–Trinajstić information content (AvgIpc) is 3.19. The van der Waals surface area contributed by atoms with E-state index in [4.69, 9.17) is 8.92 Å². The van der Waals surface area contributed by atoms with Gasteiger partial charge in [0.05, 0.1) is 25.7 Å². The highest BCUT2D eigenvalue weighted by molar-refractivity contribution is 14.1. The Morgan fingerprint density at radius 1 is 1.13 bits per heavy atom. The first-order valence-corrected chi connectivity index (χ1v) is 15.1. The van der Waals surface area contributed by atoms with Crippen LogP contribution in [0.1, 0.15) is 12.5 Å². The molecule has 4 rings (SSSR count). The highest BCUT2D eigenvalue weighted by atomic mass is 127. The lowest BCUT2D eigenvalue weighted by Crippen LogP contribution is -2.19. The van der Waals surface area contributed by atoms with E-state index in [-0.39, 0.29) is 34.6 Å². The second kappa shape index (κ2) is 12.0. The Hall–Kier alpha value is -2.70. The van der Waals surface area contributed by atoms with Crippen molar-refractivity contribution >= 4 is 95.6 Å². The molecule has 10 nitrogen and oxygen atoms in total. The van der Waals surface area contributed by atoms with Crippen molar-refractivity contribution in [3.63, 3.8) is 0 Å². The molecule has 0 aromatic heterocycles. The van der Waals surface area contributed by atoms with Crippen molar-refractivity contribution in [2.24, 2.45) is 4.99 Å². The predicted octanol–water partition coefficient (Wildman–Crippen LogP) is 5.86. The van der Waals surface area contributed by atoms with Gasteiger partial charge in [0.15, 0.2) is 16.7 Å². The molecule has 1 heterocycles. The smallest absolute Gasteiger partial charge is 0.339 e. The standard InChI is InChI=1S/C24H17I2N3O7S2/c1-2-35-20-11-14(12-21-23(30)28-24(37-21)27-16-5-3-4-15(25)13-16)10-19(26)22(20)36-38(33,34)18-8-6-17(7-9-18)29(31)32/h3-13H,2H2,1H3,(H,27,28,30)/b21-12+. The minimum Gasteiger partial charge on any atom is -0.490 e. The van der Waals surface area contributed by atoms with Crippen LogP contribution in [0.25, 0.3) is 6.08 Å². The number of aliphatic imine (C=N–C) groups is 1. The van der Waals surface area contributed by atoms with Crippen LogP contribution in [0.15, 0.2) is 75.5 Å². The lowest BCUT2D eigenvalue weighted by molar-refractivity contribution is -0.384. The number of carbonyl (C=O) groups excluding carboxylic acids is 1. The molecule has 3 aromatic carbocycles. The summed E-state index contributed by atoms with van der Waals surface area (Å²) in [6, 6.07) is 15.1. The van der Waals surface area contributed by atoms with Gasteiger partial charge in [-0.05, 0) is 118 Å². The minimum absolute atomic E-state index is 0.0302. The fourth-order valence-corrected chi connectivity index (χ4v) is 6.41. The number of halogens is 2. The van der Waals surface area contributed by atoms with E-state index in [2.05, 4.69) is 32.9 Å². The maximum Gasteiger partial charge on any atom is 0.339 e. The van der Waals surface area contributed by atoms with Gasteiger partial charge < -0.3 is 14.2 Å². The van der Waals surface area contributed by atoms with E-state index in [0.29, 0.717) is 24.9 Å². The first kappa shape index (κ1) is 28.3. The summed E-state index contributed by atoms with van der Waals surface area (Å²) in [5.41, 5.74) is 1.06. The highest BCUT2D eigenvalue weighted by Gasteiger charge is 2.26. The molecule has 0 unspecified atom stereocenters. The molecule has 0 saturated carbocycles. The van der Waals surface area contributed by atoms with Crippen molar-refractivity contribution in [2.75, 3.05) is 6.61 Å². The molecule has 0 atom stereocenters. The molecule has 196 valence electrons. The Morgan fingerprint density at radius 2 is 1.87 bits per heavy atom. The number of rotatable bonds is 8. The molecule has 1 fully saturated rings. The van der Waals surface area contributed by atoms with Crippen molar-refractivity contribution < 1.29 is 27.1 Å². The van der Waals surface area contributed by atoms with E-state index in [0.717, 1.165) is 27.8 Å². The van der Waals surface area contributed by atoms with Crippen molar-refractivity contribution in [1.82, 2.24) is 5.32 Å². The van der Waals surface area contributed by atoms with Crippen LogP contribution in [0, 0.1) is 17.3 Å². The summed E-state index contributed by atoms with van der Waals surface area (Å²) < 4.78 is 38.2. The summed E-state index contributed by atoms with van der Waals surface area (Å²) >= 11 is 5.29. The first-order chi connectivity index (χ1) is 18.1. The predicted molar refractivity (Wildman–Crippen MR) is 161 cm³/mol. The van der Waals surface area contributed by atoms with Crippen molar-refractivity contribution in [2.45, 2.75) is 11.8 Å². The maximum absolute atomic E-state index is 12.9. The summed E-state index contributed by atoms with van der Waals surface area (Å²) in [4.78, 5) is 27.4. The molecular formula is C24H17I2N3O7S2. The van der Waals surface area contributed by atoms with Gasteiger partial charge in [-0.3, -0.25) is 14.9 Å². The van der Waals surface area contributed by atoms with E-state index in [1.54, 1.807) is 25.1 Å². The van der Waals surface area contributed by atoms with E-state index in [1.807, 2.05) is 46.9 Å². The summed E-state index contributed by atoms with van der Waals surface area (Å²) in [6.07, 6.45) is 1.65. The molecule has 0 aliphatic carbocycles. The monoisotopic (exact) mass is 777 g/mol. The van der Waals surface area contributed by atoms with Gasteiger partial charge in [0.1, 0.15) is 4.90 Å². The molecule has 1 N–H and O–H groups in total. The Morgan fingerprint density at radius 3 is 2.53 bits per heavy atom. The number of benzene rings is 3. The normalized spacial score (nSPS) is 15.5. The Kier molecular flexibility index (Phi) is 8.94. The number of nitrogens with zero attached hydrogens (tertiary/aromatic N) is 2. The number of carbonyl (C=O) groups is 1. The number of nitro groups is 1. The molecular weight excluding hydrogens is 760 g/mol. The number of amidine groups is 1. The molecule has 1 saturated heterocycles. The van der Waals surface area contributed by atoms with E-state index in [9.17, 15) is 23.3 Å². The SMILES string of the molecule is CCOc1cc(/C=C2/SC(=Nc3cccc(I)c3)NC2=O)cc(I)c1OS(=O)(=O)c1ccc([N+](=O)[O-])cc1. The zero-order chi connectivity index (χ0) is 27.4. The van der Waals surface area contributed by atoms with E-state index >= 15 is 0 Å². The number of nitro benzene ring substituents is 1. The maximum atomic E-state index is 12.9. The fraction of sp³-hybridized carbons (Fsp3) is 0.0833. The zero-order valence-corrected chi connectivity index (χ0v) is 25.3. The van der Waals surface area contributed by atoms with Crippen LogP contribution >= 0.6 is 56.9 Å². The molecule has 1 aliphatic heterocycles. The van der Waals surface area contributed by atoms with Crippen LogP contribution < -0.4 is 14.2 Å². The molecule has 0 radical (unpaired) electrons. The molecule has 38 heavy (non-hydrogen) atoms. The van der Waals surface area contributed by atoms with Crippen LogP contribution in [0.3, 0.4) is 0 Å². The second-order valence-corrected chi connectivity index (χ2v) is 12.5. The second-order valence-electron chi connectivity index (χ2n) is 7.51. The molecule has 0 spiro atoms. The van der Waals surface area contributed by atoms with Crippen LogP contribution in [0.2, 0.25) is 0 Å². The van der Waals surface area contributed by atoms with Crippen molar-refractivity contribution in [3.8, 4) is 11.5 Å². The minimum atomic E-state index is -4.31. The molecule has 14 heteroatoms. The summed E-state index contributed by atoms with van der Waals surface area (Å²) in [7, 11) is -4.31. The van der Waals surface area contributed by atoms with Crippen molar-refractivity contribution in [3.05, 3.63) is 88.4 Å². The third-order valence-corrected chi connectivity index (χ3v) is 8.47. The molecule has 0 bridgehead atoms. The van der Waals surface area contributed by atoms with Crippen LogP contribution in [0.4, 0.5) is 11.4 Å². The largest absolute Gasteiger partial charge is 0.490 e. The zero-order valence-electron chi connectivity index (χ0n) is 19.4. The fourth-order valence-electron chi connectivity index (χ4n) is 3.20. The first-order valence-electron chi connectivity index (χ1n) is 10.8. The lowest BCUT2D eigenvalue weighted by Gasteiger charge is -2.14. The number of thioether (sulfide) groups is 1. The molecule has 1 aliphatic rings. The summed E-state index contributed by atoms with van der Waals surface area (Å²) in [6.45, 7) is 1.96. The lowest BCUT2D eigenvalue weighted by atomic mass is 10.2. The van der Waals surface area contributed by atoms with Gasteiger partial charge in [0.25, 0.3) is 11.6 Å². The number of nitrogens with one attached hydrogen (secondary N) is 1. The molecule has 3 aromatic rings. The highest BCUT2D eigenvalue weighted by Crippen LogP contribution is 2.38. The number of non-ortho nitro benzene ring substituents is 1. The van der Waals surface area contributed by atoms with Crippen LogP contribution in [0.5, 0.6) is 11.5 Å². The third kappa shape index (κ3) is 6.83. The van der Waals surface area contributed by atoms with Gasteiger partial charge in [0.2, 0.25) is 0 Å². The number of amides is 1. The number of hydrogen-bond acceptors (Lipinski definition) is 9. The van der Waals surface area contributed by atoms with E-state index in [1.165, 1.54) is 11.8 Å². The van der Waals surface area contributed by atoms with Gasteiger partial charge in [-0.15, -0.1) is 0 Å². The summed E-state index contributed by atoms with van der Waals surface area (Å²) in [5.74, 6) is -0.182. The third-order valence-electron chi connectivity index (χ3n) is 4.85.